The van der Waals surface area contributed by atoms with E-state index in [-0.39, 0.29) is 29.9 Å². The number of pyridine rings is 1. The van der Waals surface area contributed by atoms with Crippen molar-refractivity contribution in [3.8, 4) is 5.88 Å². The van der Waals surface area contributed by atoms with Crippen LogP contribution in [0.15, 0.2) is 23.3 Å². The Morgan fingerprint density at radius 1 is 1.50 bits per heavy atom. The van der Waals surface area contributed by atoms with Crippen molar-refractivity contribution in [1.82, 2.24) is 15.2 Å². The molecule has 112 valence electrons. The Hall–Kier alpha value is -1.19. The van der Waals surface area contributed by atoms with E-state index in [1.54, 1.807) is 12.1 Å². The number of ether oxygens (including phenoxy) is 1. The van der Waals surface area contributed by atoms with Crippen molar-refractivity contribution in [3.63, 3.8) is 0 Å². The van der Waals surface area contributed by atoms with Gasteiger partial charge >= 0.3 is 0 Å². The van der Waals surface area contributed by atoms with Gasteiger partial charge in [0.05, 0.1) is 6.54 Å². The number of alkyl halides is 2. The number of aliphatic imine (C=N–C) groups is 1. The molecule has 1 aliphatic rings. The van der Waals surface area contributed by atoms with Crippen molar-refractivity contribution in [1.29, 1.82) is 0 Å². The summed E-state index contributed by atoms with van der Waals surface area (Å²) in [6.45, 7) is 1.44. The van der Waals surface area contributed by atoms with Crippen LogP contribution in [0.25, 0.3) is 0 Å². The van der Waals surface area contributed by atoms with Crippen molar-refractivity contribution < 1.29 is 13.5 Å². The summed E-state index contributed by atoms with van der Waals surface area (Å²) in [7, 11) is 1.94. The van der Waals surface area contributed by atoms with Crippen LogP contribution in [0.1, 0.15) is 5.56 Å². The summed E-state index contributed by atoms with van der Waals surface area (Å²) in [6.07, 6.45) is -0.989. The third kappa shape index (κ3) is 4.73. The maximum atomic E-state index is 12.1. The van der Waals surface area contributed by atoms with Crippen LogP contribution in [-0.4, -0.2) is 49.0 Å². The van der Waals surface area contributed by atoms with Gasteiger partial charge in [-0.25, -0.2) is 13.8 Å². The number of nitrogens with zero attached hydrogens (tertiary/aromatic N) is 3. The highest BCUT2D eigenvalue weighted by Crippen LogP contribution is 2.15. The Bertz CT molecular complexity index is 459. The molecule has 0 saturated heterocycles. The quantitative estimate of drug-likeness (QED) is 0.768. The van der Waals surface area contributed by atoms with Crippen LogP contribution < -0.4 is 10.1 Å². The number of likely N-dealkylation sites (N-methyl/N-ethyl adjacent to an activating group) is 1. The molecule has 0 aromatic carbocycles. The molecule has 0 atom stereocenters. The number of halogens is 3. The predicted octanol–water partition coefficient (Wildman–Crippen LogP) is 1.73. The van der Waals surface area contributed by atoms with E-state index in [1.165, 1.54) is 6.20 Å². The van der Waals surface area contributed by atoms with Gasteiger partial charge in [-0.15, -0.1) is 24.0 Å². The molecule has 1 aromatic heterocycles. The van der Waals surface area contributed by atoms with Gasteiger partial charge in [-0.3, -0.25) is 4.99 Å². The van der Waals surface area contributed by atoms with E-state index >= 15 is 0 Å². The third-order valence-corrected chi connectivity index (χ3v) is 2.69. The highest BCUT2D eigenvalue weighted by molar-refractivity contribution is 14.0. The summed E-state index contributed by atoms with van der Waals surface area (Å²) in [4.78, 5) is 10.2. The molecular formula is C12H17F2IN4O. The van der Waals surface area contributed by atoms with Gasteiger partial charge in [-0.2, -0.15) is 0 Å². The molecule has 2 rings (SSSR count). The lowest BCUT2D eigenvalue weighted by Gasteiger charge is -2.16. The number of rotatable bonds is 5. The van der Waals surface area contributed by atoms with Gasteiger partial charge in [-0.05, 0) is 6.07 Å². The first-order valence-corrected chi connectivity index (χ1v) is 6.01. The normalized spacial score (nSPS) is 14.0. The van der Waals surface area contributed by atoms with Crippen molar-refractivity contribution in [2.45, 2.75) is 13.0 Å². The smallest absolute Gasteiger partial charge is 0.272 e. The highest BCUT2D eigenvalue weighted by atomic mass is 127. The van der Waals surface area contributed by atoms with Gasteiger partial charge in [0.1, 0.15) is 0 Å². The molecule has 2 heterocycles. The van der Waals surface area contributed by atoms with Crippen LogP contribution in [0.3, 0.4) is 0 Å². The lowest BCUT2D eigenvalue weighted by atomic mass is 10.2. The molecule has 5 nitrogen and oxygen atoms in total. The second-order valence-corrected chi connectivity index (χ2v) is 4.15. The molecule has 0 fully saturated rings. The van der Waals surface area contributed by atoms with E-state index in [0.29, 0.717) is 6.54 Å². The molecule has 0 saturated carbocycles. The first-order chi connectivity index (χ1) is 9.16. The summed E-state index contributed by atoms with van der Waals surface area (Å²) >= 11 is 0. The molecule has 0 amide bonds. The fourth-order valence-electron chi connectivity index (χ4n) is 1.73. The van der Waals surface area contributed by atoms with Gasteiger partial charge < -0.3 is 15.0 Å². The molecule has 20 heavy (non-hydrogen) atoms. The number of guanidine groups is 1. The van der Waals surface area contributed by atoms with E-state index in [0.717, 1.165) is 24.6 Å². The average Bonchev–Trinajstić information content (AvgIpc) is 2.80. The number of hydrogen-bond donors (Lipinski definition) is 1. The second-order valence-electron chi connectivity index (χ2n) is 4.15. The minimum Gasteiger partial charge on any atom is -0.471 e. The molecule has 0 bridgehead atoms. The summed E-state index contributed by atoms with van der Waals surface area (Å²) in [6, 6.07) is 3.53. The molecule has 0 spiro atoms. The maximum absolute atomic E-state index is 12.1. The average molecular weight is 398 g/mol. The highest BCUT2D eigenvalue weighted by Gasteiger charge is 2.13. The van der Waals surface area contributed by atoms with Crippen LogP contribution in [0, 0.1) is 0 Å². The summed E-state index contributed by atoms with van der Waals surface area (Å²) in [5.41, 5.74) is 0.728. The van der Waals surface area contributed by atoms with Crippen molar-refractivity contribution >= 4 is 29.9 Å². The zero-order chi connectivity index (χ0) is 13.7. The van der Waals surface area contributed by atoms with Gasteiger partial charge in [0.2, 0.25) is 5.88 Å². The van der Waals surface area contributed by atoms with Crippen molar-refractivity contribution in [2.75, 3.05) is 26.7 Å². The fourth-order valence-corrected chi connectivity index (χ4v) is 1.73. The minimum absolute atomic E-state index is 0. The molecular weight excluding hydrogens is 381 g/mol. The lowest BCUT2D eigenvalue weighted by Crippen LogP contribution is -2.35. The summed E-state index contributed by atoms with van der Waals surface area (Å²) in [5, 5.41) is 3.14. The topological polar surface area (TPSA) is 49.8 Å². The Labute approximate surface area is 133 Å². The van der Waals surface area contributed by atoms with Gasteiger partial charge in [0.15, 0.2) is 12.6 Å². The van der Waals surface area contributed by atoms with E-state index in [2.05, 4.69) is 15.3 Å². The van der Waals surface area contributed by atoms with E-state index in [4.69, 9.17) is 4.74 Å². The monoisotopic (exact) mass is 398 g/mol. The number of hydrogen-bond acceptors (Lipinski definition) is 5. The van der Waals surface area contributed by atoms with Gasteiger partial charge in [0.25, 0.3) is 6.43 Å². The standard InChI is InChI=1S/C12H16F2N4O.HI/c1-18-6-5-16-12(18)17-7-9-3-2-4-15-11(9)19-8-10(13)14;/h2-4,10H,5-8H2,1H3,(H,16,17);1H. The number of aromatic nitrogens is 1. The van der Waals surface area contributed by atoms with Crippen LogP contribution in [0.4, 0.5) is 8.78 Å². The Balaban J connectivity index is 0.00000200. The third-order valence-electron chi connectivity index (χ3n) is 2.69. The van der Waals surface area contributed by atoms with Gasteiger partial charge in [0, 0.05) is 31.9 Å². The first-order valence-electron chi connectivity index (χ1n) is 6.01. The van der Waals surface area contributed by atoms with E-state index < -0.39 is 13.0 Å². The predicted molar refractivity (Wildman–Crippen MR) is 82.9 cm³/mol. The van der Waals surface area contributed by atoms with Crippen LogP contribution in [0.5, 0.6) is 5.88 Å². The Morgan fingerprint density at radius 3 is 2.95 bits per heavy atom. The molecule has 0 unspecified atom stereocenters. The molecule has 1 aromatic rings. The molecule has 1 N–H and O–H groups in total. The summed E-state index contributed by atoms with van der Waals surface area (Å²) < 4.78 is 29.3. The van der Waals surface area contributed by atoms with Crippen molar-refractivity contribution in [2.24, 2.45) is 4.99 Å². The largest absolute Gasteiger partial charge is 0.471 e. The van der Waals surface area contributed by atoms with E-state index in [9.17, 15) is 8.78 Å². The second kappa shape index (κ2) is 8.18. The Morgan fingerprint density at radius 2 is 2.30 bits per heavy atom. The maximum Gasteiger partial charge on any atom is 0.272 e. The van der Waals surface area contributed by atoms with Crippen molar-refractivity contribution in [3.05, 3.63) is 23.9 Å². The molecule has 0 aliphatic carbocycles. The fraction of sp³-hybridized carbons (Fsp3) is 0.500. The van der Waals surface area contributed by atoms with Gasteiger partial charge in [-0.1, -0.05) is 6.07 Å². The van der Waals surface area contributed by atoms with E-state index in [1.807, 2.05) is 11.9 Å². The zero-order valence-corrected chi connectivity index (χ0v) is 13.4. The first kappa shape index (κ1) is 16.9. The lowest BCUT2D eigenvalue weighted by molar-refractivity contribution is 0.0790. The van der Waals surface area contributed by atoms with Crippen LogP contribution in [-0.2, 0) is 6.54 Å². The minimum atomic E-state index is -2.51. The summed E-state index contributed by atoms with van der Waals surface area (Å²) in [5.74, 6) is 1.03. The Kier molecular flexibility index (Phi) is 6.89. The van der Waals surface area contributed by atoms with Crippen LogP contribution in [0.2, 0.25) is 0 Å². The number of nitrogens with one attached hydrogen (secondary N) is 1. The molecule has 8 heteroatoms. The van der Waals surface area contributed by atoms with Crippen LogP contribution >= 0.6 is 24.0 Å². The molecule has 0 radical (unpaired) electrons. The SMILES string of the molecule is CN1CCN=C1NCc1cccnc1OCC(F)F.I. The molecule has 1 aliphatic heterocycles. The zero-order valence-electron chi connectivity index (χ0n) is 11.1.